The molecule has 0 aliphatic carbocycles. The lowest BCUT2D eigenvalue weighted by atomic mass is 10.0. The van der Waals surface area contributed by atoms with Crippen molar-refractivity contribution in [1.29, 1.82) is 0 Å². The number of nitrogens with zero attached hydrogens (tertiary/aromatic N) is 3. The smallest absolute Gasteiger partial charge is 0.250 e. The molecule has 188 valence electrons. The molecule has 1 fully saturated rings. The van der Waals surface area contributed by atoms with Crippen LogP contribution in [-0.4, -0.2) is 34.3 Å². The van der Waals surface area contributed by atoms with Crippen molar-refractivity contribution in [2.24, 2.45) is 0 Å². The van der Waals surface area contributed by atoms with E-state index < -0.39 is 0 Å². The van der Waals surface area contributed by atoms with Gasteiger partial charge in [-0.25, -0.2) is 0 Å². The topological polar surface area (TPSA) is 71.4 Å². The molecule has 4 aromatic rings. The highest BCUT2D eigenvalue weighted by Gasteiger charge is 2.42. The van der Waals surface area contributed by atoms with Crippen molar-refractivity contribution in [2.75, 3.05) is 23.9 Å². The van der Waals surface area contributed by atoms with Crippen molar-refractivity contribution in [1.82, 2.24) is 14.9 Å². The monoisotopic (exact) mass is 551 g/mol. The number of rotatable bonds is 7. The first-order valence-electron chi connectivity index (χ1n) is 11.5. The second kappa shape index (κ2) is 10.9. The van der Waals surface area contributed by atoms with Crippen LogP contribution in [0.1, 0.15) is 23.5 Å². The summed E-state index contributed by atoms with van der Waals surface area (Å²) in [5, 5.41) is 7.95. The van der Waals surface area contributed by atoms with E-state index >= 15 is 0 Å². The molecular weight excluding hydrogens is 529 g/mol. The largest absolute Gasteiger partial charge is 0.375 e. The summed E-state index contributed by atoms with van der Waals surface area (Å²) in [5.41, 5.74) is 4.15. The third kappa shape index (κ3) is 5.19. The van der Waals surface area contributed by atoms with Gasteiger partial charge in [0.25, 0.3) is 0 Å². The van der Waals surface area contributed by atoms with Gasteiger partial charge in [0, 0.05) is 41.6 Å². The third-order valence-corrected chi connectivity index (χ3v) is 6.91. The van der Waals surface area contributed by atoms with Crippen LogP contribution in [0.4, 0.5) is 11.4 Å². The number of hydrogen-bond acceptors (Lipinski definition) is 4. The predicted molar refractivity (Wildman–Crippen MR) is 151 cm³/mol. The van der Waals surface area contributed by atoms with E-state index in [0.717, 1.165) is 22.8 Å². The van der Waals surface area contributed by atoms with Crippen molar-refractivity contribution < 1.29 is 9.53 Å². The highest BCUT2D eigenvalue weighted by molar-refractivity contribution is 7.80. The first-order chi connectivity index (χ1) is 18.0. The molecule has 0 saturated carbocycles. The van der Waals surface area contributed by atoms with E-state index in [4.69, 9.17) is 40.2 Å². The number of ether oxygens (including phenoxy) is 1. The molecule has 1 aliphatic heterocycles. The number of nitrogens with one attached hydrogen (secondary N) is 2. The van der Waals surface area contributed by atoms with Crippen LogP contribution >= 0.6 is 35.4 Å². The molecule has 37 heavy (non-hydrogen) atoms. The normalized spacial score (nSPS) is 17.1. The zero-order valence-electron chi connectivity index (χ0n) is 19.8. The SMILES string of the molecule is COCC(=O)Nc1ccc(N2C(=S)N[C@H](c3ccccn3)[C@H]2c2cccn2-c2ccc(Cl)cc2Cl)cc1. The summed E-state index contributed by atoms with van der Waals surface area (Å²) >= 11 is 18.6. The van der Waals surface area contributed by atoms with Crippen molar-refractivity contribution in [3.05, 3.63) is 107 Å². The highest BCUT2D eigenvalue weighted by Crippen LogP contribution is 2.43. The molecule has 0 radical (unpaired) electrons. The van der Waals surface area contributed by atoms with E-state index in [2.05, 4.69) is 20.5 Å². The molecule has 7 nitrogen and oxygen atoms in total. The molecule has 3 heterocycles. The van der Waals surface area contributed by atoms with Crippen molar-refractivity contribution in [3.8, 4) is 5.69 Å². The maximum atomic E-state index is 11.9. The van der Waals surface area contributed by atoms with E-state index in [1.54, 1.807) is 12.3 Å². The third-order valence-electron chi connectivity index (χ3n) is 6.06. The number of pyridine rings is 1. The standard InChI is InChI=1S/C27H23Cl2N5O2S/c1-36-16-24(35)31-18-8-10-19(11-9-18)34-26(25(32-27(34)37)21-5-2-3-13-30-21)23-6-4-14-33(23)22-12-7-17(28)15-20(22)29/h2-15,25-26H,16H2,1H3,(H,31,35)(H,32,37)/t25-,26-/m1/s1. The number of carbonyl (C=O) groups excluding carboxylic acids is 1. The second-order valence-corrected chi connectivity index (χ2v) is 9.65. The number of methoxy groups -OCH3 is 1. The van der Waals surface area contributed by atoms with Crippen LogP contribution in [0.2, 0.25) is 10.0 Å². The molecule has 0 unspecified atom stereocenters. The summed E-state index contributed by atoms with van der Waals surface area (Å²) in [4.78, 5) is 18.6. The fourth-order valence-corrected chi connectivity index (χ4v) is 5.34. The van der Waals surface area contributed by atoms with Gasteiger partial charge < -0.3 is 24.8 Å². The van der Waals surface area contributed by atoms with Crippen LogP contribution in [0, 0.1) is 0 Å². The molecule has 2 N–H and O–H groups in total. The van der Waals surface area contributed by atoms with Gasteiger partial charge in [0.2, 0.25) is 5.91 Å². The first kappa shape index (κ1) is 25.2. The van der Waals surface area contributed by atoms with Gasteiger partial charge in [-0.05, 0) is 78.9 Å². The van der Waals surface area contributed by atoms with Crippen LogP contribution in [0.3, 0.4) is 0 Å². The average molecular weight is 552 g/mol. The van der Waals surface area contributed by atoms with E-state index in [1.165, 1.54) is 7.11 Å². The Kier molecular flexibility index (Phi) is 7.43. The van der Waals surface area contributed by atoms with Gasteiger partial charge >= 0.3 is 0 Å². The minimum Gasteiger partial charge on any atom is -0.375 e. The molecule has 5 rings (SSSR count). The molecule has 10 heteroatoms. The second-order valence-electron chi connectivity index (χ2n) is 8.42. The molecular formula is C27H23Cl2N5O2S. The highest BCUT2D eigenvalue weighted by atomic mass is 35.5. The summed E-state index contributed by atoms with van der Waals surface area (Å²) in [5.74, 6) is -0.223. The van der Waals surface area contributed by atoms with E-state index in [-0.39, 0.29) is 24.6 Å². The van der Waals surface area contributed by atoms with Gasteiger partial charge in [-0.15, -0.1) is 0 Å². The number of hydrogen-bond donors (Lipinski definition) is 2. The molecule has 1 amide bonds. The Labute approximate surface area is 230 Å². The number of benzene rings is 2. The molecule has 2 aromatic heterocycles. The van der Waals surface area contributed by atoms with E-state index in [0.29, 0.717) is 20.8 Å². The van der Waals surface area contributed by atoms with Crippen molar-refractivity contribution in [3.63, 3.8) is 0 Å². The summed E-state index contributed by atoms with van der Waals surface area (Å²) in [6, 6.07) is 22.3. The van der Waals surface area contributed by atoms with Gasteiger partial charge in [-0.3, -0.25) is 9.78 Å². The molecule has 1 aliphatic rings. The molecule has 0 bridgehead atoms. The van der Waals surface area contributed by atoms with Crippen LogP contribution < -0.4 is 15.5 Å². The Hall–Kier alpha value is -3.43. The van der Waals surface area contributed by atoms with Gasteiger partial charge in [0.1, 0.15) is 12.6 Å². The zero-order chi connectivity index (χ0) is 25.9. The fourth-order valence-electron chi connectivity index (χ4n) is 4.50. The lowest BCUT2D eigenvalue weighted by Gasteiger charge is -2.29. The zero-order valence-corrected chi connectivity index (χ0v) is 22.1. The van der Waals surface area contributed by atoms with E-state index in [9.17, 15) is 4.79 Å². The van der Waals surface area contributed by atoms with Crippen LogP contribution in [0.15, 0.2) is 85.2 Å². The maximum absolute atomic E-state index is 11.9. The van der Waals surface area contributed by atoms with Gasteiger partial charge in [0.05, 0.1) is 22.4 Å². The van der Waals surface area contributed by atoms with Gasteiger partial charge in [-0.2, -0.15) is 0 Å². The van der Waals surface area contributed by atoms with E-state index in [1.807, 2.05) is 77.5 Å². The number of halogens is 2. The number of anilines is 2. The number of thiocarbonyl (C=S) groups is 1. The lowest BCUT2D eigenvalue weighted by molar-refractivity contribution is -0.119. The van der Waals surface area contributed by atoms with Gasteiger partial charge in [-0.1, -0.05) is 29.3 Å². The average Bonchev–Trinajstić information content (AvgIpc) is 3.49. The minimum absolute atomic E-state index is 0.0139. The van der Waals surface area contributed by atoms with Crippen molar-refractivity contribution >= 4 is 57.8 Å². The Morgan fingerprint density at radius 1 is 1.11 bits per heavy atom. The van der Waals surface area contributed by atoms with Crippen LogP contribution in [0.25, 0.3) is 5.69 Å². The fraction of sp³-hybridized carbons (Fsp3) is 0.148. The van der Waals surface area contributed by atoms with Crippen molar-refractivity contribution in [2.45, 2.75) is 12.1 Å². The van der Waals surface area contributed by atoms with Gasteiger partial charge in [0.15, 0.2) is 5.11 Å². The maximum Gasteiger partial charge on any atom is 0.250 e. The Morgan fingerprint density at radius 2 is 1.92 bits per heavy atom. The predicted octanol–water partition coefficient (Wildman–Crippen LogP) is 5.94. The number of aromatic nitrogens is 2. The first-order valence-corrected chi connectivity index (χ1v) is 12.6. The Balaban J connectivity index is 1.57. The molecule has 1 saturated heterocycles. The number of carbonyl (C=O) groups is 1. The lowest BCUT2D eigenvalue weighted by Crippen LogP contribution is -2.30. The molecule has 0 spiro atoms. The summed E-state index contributed by atoms with van der Waals surface area (Å²) < 4.78 is 6.94. The Morgan fingerprint density at radius 3 is 2.62 bits per heavy atom. The molecule has 2 atom stereocenters. The summed E-state index contributed by atoms with van der Waals surface area (Å²) in [7, 11) is 1.48. The van der Waals surface area contributed by atoms with Crippen LogP contribution in [-0.2, 0) is 9.53 Å². The van der Waals surface area contributed by atoms with Crippen LogP contribution in [0.5, 0.6) is 0 Å². The minimum atomic E-state index is -0.252. The number of amides is 1. The summed E-state index contributed by atoms with van der Waals surface area (Å²) in [6.45, 7) is -0.0139. The Bertz CT molecular complexity index is 1430. The molecule has 2 aromatic carbocycles. The quantitative estimate of drug-likeness (QED) is 0.277. The summed E-state index contributed by atoms with van der Waals surface area (Å²) in [6.07, 6.45) is 3.74.